The zero-order chi connectivity index (χ0) is 15.7. The Bertz CT molecular complexity index is 521. The first kappa shape index (κ1) is 22.3. The van der Waals surface area contributed by atoms with Gasteiger partial charge >= 0.3 is 0 Å². The van der Waals surface area contributed by atoms with Crippen molar-refractivity contribution in [2.75, 3.05) is 32.7 Å². The predicted octanol–water partition coefficient (Wildman–Crippen LogP) is 4.74. The van der Waals surface area contributed by atoms with Gasteiger partial charge in [-0.1, -0.05) is 36.8 Å². The highest BCUT2D eigenvalue weighted by Gasteiger charge is 2.10. The Morgan fingerprint density at radius 3 is 1.88 bits per heavy atom. The van der Waals surface area contributed by atoms with E-state index in [2.05, 4.69) is 45.9 Å². The highest BCUT2D eigenvalue weighted by molar-refractivity contribution is 5.85. The summed E-state index contributed by atoms with van der Waals surface area (Å²) in [5.74, 6) is 6.67. The highest BCUT2D eigenvalue weighted by atomic mass is 35.5. The van der Waals surface area contributed by atoms with Crippen LogP contribution in [-0.2, 0) is 6.54 Å². The summed E-state index contributed by atoms with van der Waals surface area (Å²) in [7, 11) is 0. The minimum atomic E-state index is 0. The molecule has 0 aromatic heterocycles. The molecule has 2 nitrogen and oxygen atoms in total. The Balaban J connectivity index is 0.00000156. The highest BCUT2D eigenvalue weighted by Crippen LogP contribution is 2.13. The lowest BCUT2D eigenvalue weighted by atomic mass is 10.1. The maximum Gasteiger partial charge on any atom is 0.0245 e. The van der Waals surface area contributed by atoms with Crippen LogP contribution in [-0.4, -0.2) is 42.5 Å². The third-order valence-corrected chi connectivity index (χ3v) is 5.04. The van der Waals surface area contributed by atoms with Crippen LogP contribution in [0, 0.1) is 11.8 Å². The third-order valence-electron chi connectivity index (χ3n) is 5.04. The van der Waals surface area contributed by atoms with E-state index in [1.807, 2.05) is 0 Å². The van der Waals surface area contributed by atoms with Crippen molar-refractivity contribution in [3.63, 3.8) is 0 Å². The van der Waals surface area contributed by atoms with Crippen LogP contribution >= 0.6 is 24.8 Å². The number of halogens is 2. The molecule has 3 rings (SSSR count). The molecule has 25 heavy (non-hydrogen) atoms. The van der Waals surface area contributed by atoms with Gasteiger partial charge in [0.15, 0.2) is 0 Å². The first-order valence-corrected chi connectivity index (χ1v) is 9.43. The fourth-order valence-corrected chi connectivity index (χ4v) is 3.63. The summed E-state index contributed by atoms with van der Waals surface area (Å²) in [6, 6.07) is 8.88. The zero-order valence-electron chi connectivity index (χ0n) is 15.2. The van der Waals surface area contributed by atoms with Crippen molar-refractivity contribution in [2.24, 2.45) is 0 Å². The van der Waals surface area contributed by atoms with Crippen molar-refractivity contribution >= 4 is 24.8 Å². The third kappa shape index (κ3) is 8.01. The molecule has 0 bridgehead atoms. The average molecular weight is 383 g/mol. The van der Waals surface area contributed by atoms with Gasteiger partial charge in [0.2, 0.25) is 0 Å². The first-order chi connectivity index (χ1) is 11.4. The normalized spacial score (nSPS) is 18.4. The Kier molecular flexibility index (Phi) is 11.3. The summed E-state index contributed by atoms with van der Waals surface area (Å²) in [4.78, 5) is 5.13. The van der Waals surface area contributed by atoms with Gasteiger partial charge in [0.1, 0.15) is 0 Å². The van der Waals surface area contributed by atoms with E-state index < -0.39 is 0 Å². The molecule has 4 heteroatoms. The van der Waals surface area contributed by atoms with Gasteiger partial charge in [0.05, 0.1) is 0 Å². The second-order valence-electron chi connectivity index (χ2n) is 6.99. The molecular weight excluding hydrogens is 351 g/mol. The minimum Gasteiger partial charge on any atom is -0.302 e. The molecule has 0 amide bonds. The van der Waals surface area contributed by atoms with Gasteiger partial charge in [-0.2, -0.15) is 0 Å². The summed E-state index contributed by atoms with van der Waals surface area (Å²) < 4.78 is 0. The SMILES string of the molecule is C(#Cc1ccc(CN2CCCCC2)cc1)CCN1CCCCC1.Cl.Cl. The van der Waals surface area contributed by atoms with E-state index in [0.717, 1.165) is 25.1 Å². The maximum atomic E-state index is 3.35. The molecule has 1 aromatic carbocycles. The molecule has 0 N–H and O–H groups in total. The van der Waals surface area contributed by atoms with Gasteiger partial charge in [-0.05, 0) is 69.6 Å². The van der Waals surface area contributed by atoms with Gasteiger partial charge in [-0.15, -0.1) is 24.8 Å². The molecule has 2 aliphatic heterocycles. The number of likely N-dealkylation sites (tertiary alicyclic amines) is 2. The smallest absolute Gasteiger partial charge is 0.0245 e. The Hall–Kier alpha value is -0.720. The Morgan fingerprint density at radius 2 is 1.28 bits per heavy atom. The summed E-state index contributed by atoms with van der Waals surface area (Å²) in [5.41, 5.74) is 2.58. The van der Waals surface area contributed by atoms with Crippen LogP contribution in [0.15, 0.2) is 24.3 Å². The van der Waals surface area contributed by atoms with Crippen molar-refractivity contribution in [2.45, 2.75) is 51.5 Å². The van der Waals surface area contributed by atoms with Gasteiger partial charge in [0, 0.05) is 25.1 Å². The average Bonchev–Trinajstić information content (AvgIpc) is 2.62. The molecule has 1 aromatic rings. The summed E-state index contributed by atoms with van der Waals surface area (Å²) in [5, 5.41) is 0. The van der Waals surface area contributed by atoms with Crippen LogP contribution in [0.2, 0.25) is 0 Å². The van der Waals surface area contributed by atoms with E-state index in [0.29, 0.717) is 0 Å². The standard InChI is InChI=1S/C21H30N2.2ClH/c1-4-14-22(15-5-1)16-8-3-9-20-10-12-21(13-11-20)19-23-17-6-2-7-18-23;;/h10-13H,1-2,4-8,14-19H2;2*1H. The quantitative estimate of drug-likeness (QED) is 0.693. The molecule has 2 fully saturated rings. The van der Waals surface area contributed by atoms with Gasteiger partial charge < -0.3 is 4.90 Å². The molecule has 0 atom stereocenters. The van der Waals surface area contributed by atoms with Gasteiger partial charge in [-0.25, -0.2) is 0 Å². The minimum absolute atomic E-state index is 0. The molecule has 0 radical (unpaired) electrons. The van der Waals surface area contributed by atoms with Crippen molar-refractivity contribution in [3.8, 4) is 11.8 Å². The predicted molar refractivity (Wildman–Crippen MR) is 112 cm³/mol. The van der Waals surface area contributed by atoms with Crippen LogP contribution in [0.1, 0.15) is 56.1 Å². The Labute approximate surface area is 166 Å². The van der Waals surface area contributed by atoms with Crippen molar-refractivity contribution in [1.82, 2.24) is 9.80 Å². The van der Waals surface area contributed by atoms with Crippen molar-refractivity contribution in [3.05, 3.63) is 35.4 Å². The van der Waals surface area contributed by atoms with Crippen LogP contribution in [0.4, 0.5) is 0 Å². The van der Waals surface area contributed by atoms with Crippen LogP contribution < -0.4 is 0 Å². The van der Waals surface area contributed by atoms with Gasteiger partial charge in [0.25, 0.3) is 0 Å². The number of nitrogens with zero attached hydrogens (tertiary/aromatic N) is 2. The lowest BCUT2D eigenvalue weighted by Gasteiger charge is -2.26. The summed E-state index contributed by atoms with van der Waals surface area (Å²) in [6.07, 6.45) is 9.27. The van der Waals surface area contributed by atoms with Crippen molar-refractivity contribution in [1.29, 1.82) is 0 Å². The van der Waals surface area contributed by atoms with E-state index in [1.54, 1.807) is 0 Å². The number of rotatable bonds is 4. The fraction of sp³-hybridized carbons (Fsp3) is 0.619. The van der Waals surface area contributed by atoms with E-state index in [1.165, 1.54) is 70.3 Å². The van der Waals surface area contributed by atoms with E-state index >= 15 is 0 Å². The number of piperidine rings is 2. The maximum absolute atomic E-state index is 3.35. The first-order valence-electron chi connectivity index (χ1n) is 9.43. The number of hydrogen-bond donors (Lipinski definition) is 0. The number of hydrogen-bond acceptors (Lipinski definition) is 2. The summed E-state index contributed by atoms with van der Waals surface area (Å²) in [6.45, 7) is 7.30. The van der Waals surface area contributed by atoms with Crippen LogP contribution in [0.25, 0.3) is 0 Å². The largest absolute Gasteiger partial charge is 0.302 e. The molecule has 0 spiro atoms. The van der Waals surface area contributed by atoms with E-state index in [9.17, 15) is 0 Å². The molecule has 2 aliphatic rings. The second kappa shape index (κ2) is 12.6. The lowest BCUT2D eigenvalue weighted by molar-refractivity contribution is 0.221. The van der Waals surface area contributed by atoms with E-state index in [4.69, 9.17) is 0 Å². The van der Waals surface area contributed by atoms with Crippen LogP contribution in [0.5, 0.6) is 0 Å². The Morgan fingerprint density at radius 1 is 0.720 bits per heavy atom. The van der Waals surface area contributed by atoms with E-state index in [-0.39, 0.29) is 24.8 Å². The molecule has 2 heterocycles. The zero-order valence-corrected chi connectivity index (χ0v) is 16.8. The van der Waals surface area contributed by atoms with Gasteiger partial charge in [-0.3, -0.25) is 4.90 Å². The molecule has 0 unspecified atom stereocenters. The molecule has 2 saturated heterocycles. The van der Waals surface area contributed by atoms with Crippen molar-refractivity contribution < 1.29 is 0 Å². The fourth-order valence-electron chi connectivity index (χ4n) is 3.63. The molecule has 0 saturated carbocycles. The molecule has 0 aliphatic carbocycles. The topological polar surface area (TPSA) is 6.48 Å². The lowest BCUT2D eigenvalue weighted by Crippen LogP contribution is -2.30. The number of benzene rings is 1. The molecule has 140 valence electrons. The molecular formula is C21H32Cl2N2. The monoisotopic (exact) mass is 382 g/mol. The second-order valence-corrected chi connectivity index (χ2v) is 6.99. The van der Waals surface area contributed by atoms with Crippen LogP contribution in [0.3, 0.4) is 0 Å². The summed E-state index contributed by atoms with van der Waals surface area (Å²) >= 11 is 0.